The molecule has 0 aliphatic rings. The maximum absolute atomic E-state index is 11.0. The number of hydrogen-bond acceptors (Lipinski definition) is 5. The molecule has 0 aliphatic carbocycles. The van der Waals surface area contributed by atoms with Crippen LogP contribution in [-0.2, 0) is 16.4 Å². The second-order valence-electron chi connectivity index (χ2n) is 4.03. The van der Waals surface area contributed by atoms with Crippen LogP contribution in [0.3, 0.4) is 0 Å². The van der Waals surface area contributed by atoms with Gasteiger partial charge in [-0.15, -0.1) is 0 Å². The minimum Gasteiger partial charge on any atom is -0.301 e. The third kappa shape index (κ3) is 5.43. The molecule has 1 aromatic rings. The van der Waals surface area contributed by atoms with E-state index in [0.717, 1.165) is 5.56 Å². The van der Waals surface area contributed by atoms with Crippen LogP contribution in [0, 0.1) is 11.3 Å². The maximum Gasteiger partial charge on any atom is 0.148 e. The van der Waals surface area contributed by atoms with Crippen molar-refractivity contribution in [3.8, 4) is 6.07 Å². The highest BCUT2D eigenvalue weighted by atomic mass is 32.2. The minimum absolute atomic E-state index is 0.139. The molecule has 0 amide bonds. The SMILES string of the molecule is CN(CCS(C)(=O)=O)Cc1ccnc(C#N)c1. The molecule has 0 aromatic carbocycles. The van der Waals surface area contributed by atoms with Gasteiger partial charge in [-0.1, -0.05) is 0 Å². The van der Waals surface area contributed by atoms with Crippen LogP contribution in [-0.4, -0.2) is 43.9 Å². The molecule has 0 unspecified atom stereocenters. The van der Waals surface area contributed by atoms with Crippen LogP contribution in [0.2, 0.25) is 0 Å². The summed E-state index contributed by atoms with van der Waals surface area (Å²) in [7, 11) is -1.09. The van der Waals surface area contributed by atoms with E-state index in [0.29, 0.717) is 18.8 Å². The summed E-state index contributed by atoms with van der Waals surface area (Å²) in [5, 5.41) is 8.70. The van der Waals surface area contributed by atoms with E-state index in [1.807, 2.05) is 24.1 Å². The average molecular weight is 253 g/mol. The van der Waals surface area contributed by atoms with E-state index < -0.39 is 9.84 Å². The third-order valence-electron chi connectivity index (χ3n) is 2.24. The van der Waals surface area contributed by atoms with Crippen molar-refractivity contribution in [3.05, 3.63) is 29.6 Å². The Bertz CT molecular complexity index is 520. The Hall–Kier alpha value is -1.45. The highest BCUT2D eigenvalue weighted by Gasteiger charge is 2.06. The first kappa shape index (κ1) is 13.6. The van der Waals surface area contributed by atoms with Gasteiger partial charge >= 0.3 is 0 Å². The van der Waals surface area contributed by atoms with Crippen LogP contribution in [0.25, 0.3) is 0 Å². The molecule has 0 fully saturated rings. The lowest BCUT2D eigenvalue weighted by molar-refractivity contribution is 0.346. The number of rotatable bonds is 5. The van der Waals surface area contributed by atoms with Crippen molar-refractivity contribution in [2.45, 2.75) is 6.54 Å². The molecule has 0 radical (unpaired) electrons. The molecule has 0 saturated heterocycles. The van der Waals surface area contributed by atoms with E-state index in [9.17, 15) is 8.42 Å². The average Bonchev–Trinajstić information content (AvgIpc) is 2.26. The molecule has 1 heterocycles. The summed E-state index contributed by atoms with van der Waals surface area (Å²) in [6.45, 7) is 1.08. The molecule has 1 rings (SSSR count). The molecule has 0 atom stereocenters. The third-order valence-corrected chi connectivity index (χ3v) is 3.16. The van der Waals surface area contributed by atoms with E-state index in [4.69, 9.17) is 5.26 Å². The predicted octanol–water partition coefficient (Wildman–Crippen LogP) is 0.430. The molecular weight excluding hydrogens is 238 g/mol. The van der Waals surface area contributed by atoms with Crippen molar-refractivity contribution in [1.82, 2.24) is 9.88 Å². The highest BCUT2D eigenvalue weighted by molar-refractivity contribution is 7.90. The van der Waals surface area contributed by atoms with Crippen LogP contribution in [0.5, 0.6) is 0 Å². The smallest absolute Gasteiger partial charge is 0.148 e. The summed E-state index contributed by atoms with van der Waals surface area (Å²) in [6, 6.07) is 5.49. The van der Waals surface area contributed by atoms with Crippen LogP contribution in [0.4, 0.5) is 0 Å². The molecule has 0 bridgehead atoms. The van der Waals surface area contributed by atoms with Crippen molar-refractivity contribution < 1.29 is 8.42 Å². The molecule has 92 valence electrons. The topological polar surface area (TPSA) is 74.1 Å². The Kier molecular flexibility index (Phi) is 4.61. The van der Waals surface area contributed by atoms with Crippen LogP contribution >= 0.6 is 0 Å². The summed E-state index contributed by atoms with van der Waals surface area (Å²) in [5.74, 6) is 0.139. The molecule has 0 saturated carbocycles. The van der Waals surface area contributed by atoms with E-state index in [-0.39, 0.29) is 5.75 Å². The Balaban J connectivity index is 2.56. The number of nitrogens with zero attached hydrogens (tertiary/aromatic N) is 3. The van der Waals surface area contributed by atoms with E-state index in [1.54, 1.807) is 12.3 Å². The first-order valence-corrected chi connectivity index (χ1v) is 7.18. The molecular formula is C11H15N3O2S. The quantitative estimate of drug-likeness (QED) is 0.760. The number of aromatic nitrogens is 1. The normalized spacial score (nSPS) is 11.4. The van der Waals surface area contributed by atoms with Gasteiger partial charge in [0.05, 0.1) is 5.75 Å². The van der Waals surface area contributed by atoms with Gasteiger partial charge in [0.1, 0.15) is 21.6 Å². The number of nitriles is 1. The molecule has 0 aliphatic heterocycles. The van der Waals surface area contributed by atoms with Crippen molar-refractivity contribution >= 4 is 9.84 Å². The molecule has 17 heavy (non-hydrogen) atoms. The van der Waals surface area contributed by atoms with Gasteiger partial charge in [0.2, 0.25) is 0 Å². The first-order valence-electron chi connectivity index (χ1n) is 5.12. The minimum atomic E-state index is -2.93. The molecule has 1 aromatic heterocycles. The second kappa shape index (κ2) is 5.75. The molecule has 0 N–H and O–H groups in total. The lowest BCUT2D eigenvalue weighted by Gasteiger charge is -2.15. The van der Waals surface area contributed by atoms with E-state index in [2.05, 4.69) is 4.98 Å². The summed E-state index contributed by atoms with van der Waals surface area (Å²) in [5.41, 5.74) is 1.33. The molecule has 6 heteroatoms. The van der Waals surface area contributed by atoms with Gasteiger partial charge in [-0.2, -0.15) is 5.26 Å². The Morgan fingerprint density at radius 2 is 2.24 bits per heavy atom. The van der Waals surface area contributed by atoms with E-state index in [1.165, 1.54) is 6.26 Å². The predicted molar refractivity (Wildman–Crippen MR) is 65.0 cm³/mol. The standard InChI is InChI=1S/C11H15N3O2S/c1-14(5-6-17(2,15)16)9-10-3-4-13-11(7-10)8-12/h3-4,7H,5-6,9H2,1-2H3. The fourth-order valence-corrected chi connectivity index (χ4v) is 1.99. The molecule has 0 spiro atoms. The largest absolute Gasteiger partial charge is 0.301 e. The van der Waals surface area contributed by atoms with Crippen LogP contribution < -0.4 is 0 Å². The van der Waals surface area contributed by atoms with Gasteiger partial charge in [-0.3, -0.25) is 0 Å². The summed E-state index contributed by atoms with van der Waals surface area (Å²) in [6.07, 6.45) is 2.80. The number of pyridine rings is 1. The van der Waals surface area contributed by atoms with Gasteiger partial charge < -0.3 is 4.90 Å². The second-order valence-corrected chi connectivity index (χ2v) is 6.29. The van der Waals surface area contributed by atoms with Crippen LogP contribution in [0.15, 0.2) is 18.3 Å². The van der Waals surface area contributed by atoms with Gasteiger partial charge in [0.25, 0.3) is 0 Å². The van der Waals surface area contributed by atoms with Crippen molar-refractivity contribution in [1.29, 1.82) is 5.26 Å². The maximum atomic E-state index is 11.0. The zero-order valence-electron chi connectivity index (χ0n) is 9.92. The summed E-state index contributed by atoms with van der Waals surface area (Å²) < 4.78 is 22.0. The lowest BCUT2D eigenvalue weighted by Crippen LogP contribution is -2.24. The summed E-state index contributed by atoms with van der Waals surface area (Å²) >= 11 is 0. The number of sulfone groups is 1. The van der Waals surface area contributed by atoms with Crippen molar-refractivity contribution in [2.75, 3.05) is 25.6 Å². The van der Waals surface area contributed by atoms with Gasteiger partial charge in [0.15, 0.2) is 0 Å². The van der Waals surface area contributed by atoms with Crippen molar-refractivity contribution in [3.63, 3.8) is 0 Å². The fourth-order valence-electron chi connectivity index (χ4n) is 1.35. The Labute approximate surface area is 102 Å². The Morgan fingerprint density at radius 1 is 1.53 bits per heavy atom. The zero-order chi connectivity index (χ0) is 12.9. The molecule has 5 nitrogen and oxygen atoms in total. The monoisotopic (exact) mass is 253 g/mol. The van der Waals surface area contributed by atoms with Gasteiger partial charge in [0, 0.05) is 25.5 Å². The van der Waals surface area contributed by atoms with Crippen LogP contribution in [0.1, 0.15) is 11.3 Å². The lowest BCUT2D eigenvalue weighted by atomic mass is 10.2. The fraction of sp³-hybridized carbons (Fsp3) is 0.455. The number of hydrogen-bond donors (Lipinski definition) is 0. The van der Waals surface area contributed by atoms with Gasteiger partial charge in [-0.05, 0) is 24.7 Å². The van der Waals surface area contributed by atoms with Gasteiger partial charge in [-0.25, -0.2) is 13.4 Å². The van der Waals surface area contributed by atoms with Crippen molar-refractivity contribution in [2.24, 2.45) is 0 Å². The zero-order valence-corrected chi connectivity index (χ0v) is 10.7. The Morgan fingerprint density at radius 3 is 2.82 bits per heavy atom. The summed E-state index contributed by atoms with van der Waals surface area (Å²) in [4.78, 5) is 5.78. The first-order chi connectivity index (χ1) is 7.90. The van der Waals surface area contributed by atoms with E-state index >= 15 is 0 Å². The highest BCUT2D eigenvalue weighted by Crippen LogP contribution is 2.04.